The van der Waals surface area contributed by atoms with Crippen LogP contribution in [0.2, 0.25) is 5.02 Å². The first-order chi connectivity index (χ1) is 18.6. The van der Waals surface area contributed by atoms with Crippen LogP contribution >= 0.6 is 46.0 Å². The predicted molar refractivity (Wildman–Crippen MR) is 163 cm³/mol. The number of nitrogens with zero attached hydrogens (tertiary/aromatic N) is 1. The van der Waals surface area contributed by atoms with E-state index in [9.17, 15) is 14.4 Å². The molecule has 3 amide bonds. The van der Waals surface area contributed by atoms with Gasteiger partial charge < -0.3 is 14.8 Å². The lowest BCUT2D eigenvalue weighted by Gasteiger charge is -2.14. The number of nitrogens with one attached hydrogen (secondary N) is 1. The molecule has 1 N–H and O–H groups in total. The highest BCUT2D eigenvalue weighted by Gasteiger charge is 2.36. The van der Waals surface area contributed by atoms with Crippen molar-refractivity contribution in [3.8, 4) is 11.5 Å². The Morgan fingerprint density at radius 3 is 2.44 bits per heavy atom. The molecule has 0 saturated carbocycles. The molecule has 0 bridgehead atoms. The zero-order valence-electron chi connectivity index (χ0n) is 21.5. The van der Waals surface area contributed by atoms with Crippen LogP contribution in [0.5, 0.6) is 11.5 Å². The van der Waals surface area contributed by atoms with Crippen LogP contribution in [-0.2, 0) is 16.2 Å². The van der Waals surface area contributed by atoms with Crippen molar-refractivity contribution in [2.45, 2.75) is 26.4 Å². The van der Waals surface area contributed by atoms with Gasteiger partial charge in [-0.15, -0.1) is 0 Å². The van der Waals surface area contributed by atoms with E-state index in [0.717, 1.165) is 31.4 Å². The third-order valence-electron chi connectivity index (χ3n) is 5.88. The van der Waals surface area contributed by atoms with E-state index < -0.39 is 17.1 Å². The molecule has 0 aliphatic carbocycles. The third kappa shape index (κ3) is 7.34. The number of anilines is 1. The molecular formula is C29H26ClIN2O5S. The molecule has 3 aromatic rings. The lowest BCUT2D eigenvalue weighted by atomic mass is 10.0. The Balaban J connectivity index is 1.44. The van der Waals surface area contributed by atoms with Gasteiger partial charge in [0.25, 0.3) is 11.1 Å². The minimum Gasteiger partial charge on any atom is -0.493 e. The Labute approximate surface area is 250 Å². The van der Waals surface area contributed by atoms with Crippen LogP contribution in [0.15, 0.2) is 65.6 Å². The summed E-state index contributed by atoms with van der Waals surface area (Å²) in [4.78, 5) is 39.3. The number of imide groups is 1. The van der Waals surface area contributed by atoms with Crippen LogP contribution in [0.3, 0.4) is 0 Å². The number of ether oxygens (including phenoxy) is 2. The molecule has 10 heteroatoms. The van der Waals surface area contributed by atoms with Gasteiger partial charge in [0.1, 0.15) is 13.2 Å². The average molecular weight is 677 g/mol. The molecule has 1 heterocycles. The minimum absolute atomic E-state index is 0.224. The second-order valence-electron chi connectivity index (χ2n) is 9.04. The van der Waals surface area contributed by atoms with Crippen LogP contribution in [0.4, 0.5) is 10.5 Å². The lowest BCUT2D eigenvalue weighted by molar-refractivity contribution is -0.127. The Morgan fingerprint density at radius 2 is 1.79 bits per heavy atom. The van der Waals surface area contributed by atoms with Gasteiger partial charge in [0.2, 0.25) is 5.91 Å². The molecule has 202 valence electrons. The number of rotatable bonds is 9. The van der Waals surface area contributed by atoms with Gasteiger partial charge in [0.15, 0.2) is 11.5 Å². The maximum Gasteiger partial charge on any atom is 0.294 e. The van der Waals surface area contributed by atoms with E-state index in [-0.39, 0.29) is 11.4 Å². The molecular weight excluding hydrogens is 651 g/mol. The summed E-state index contributed by atoms with van der Waals surface area (Å²) in [6, 6.07) is 18.4. The average Bonchev–Trinajstić information content (AvgIpc) is 3.16. The Morgan fingerprint density at radius 1 is 1.10 bits per heavy atom. The number of thioether (sulfide) groups is 1. The molecule has 7 nitrogen and oxygen atoms in total. The van der Waals surface area contributed by atoms with Crippen molar-refractivity contribution in [2.75, 3.05) is 19.0 Å². The van der Waals surface area contributed by atoms with Crippen molar-refractivity contribution in [1.29, 1.82) is 0 Å². The standard InChI is InChI=1S/C29H26ClIN2O5S/c1-17(2)20-6-10-22(11-7-20)32-26(34)15-33-28(35)25(39-29(33)36)14-19-12-23(31)27(24(13-19)37-3)38-16-18-4-8-21(30)9-5-18/h4-14,17H,15-16H2,1-3H3,(H,32,34)/b25-14+. The third-order valence-corrected chi connectivity index (χ3v) is 7.84. The van der Waals surface area contributed by atoms with Crippen molar-refractivity contribution < 1.29 is 23.9 Å². The molecule has 39 heavy (non-hydrogen) atoms. The van der Waals surface area contributed by atoms with Crippen molar-refractivity contribution in [3.63, 3.8) is 0 Å². The number of carbonyl (C=O) groups excluding carboxylic acids is 3. The zero-order chi connectivity index (χ0) is 28.1. The van der Waals surface area contributed by atoms with Gasteiger partial charge in [-0.3, -0.25) is 19.3 Å². The van der Waals surface area contributed by atoms with Crippen molar-refractivity contribution in [2.24, 2.45) is 0 Å². The molecule has 0 atom stereocenters. The monoisotopic (exact) mass is 676 g/mol. The van der Waals surface area contributed by atoms with Crippen LogP contribution in [0, 0.1) is 3.57 Å². The fraction of sp³-hybridized carbons (Fsp3) is 0.207. The van der Waals surface area contributed by atoms with Gasteiger partial charge in [0.05, 0.1) is 15.6 Å². The summed E-state index contributed by atoms with van der Waals surface area (Å²) in [6.45, 7) is 4.13. The van der Waals surface area contributed by atoms with E-state index in [2.05, 4.69) is 41.8 Å². The molecule has 1 aliphatic heterocycles. The van der Waals surface area contributed by atoms with Gasteiger partial charge in [-0.2, -0.15) is 0 Å². The quantitative estimate of drug-likeness (QED) is 0.189. The topological polar surface area (TPSA) is 84.9 Å². The van der Waals surface area contributed by atoms with E-state index in [4.69, 9.17) is 21.1 Å². The number of halogens is 2. The molecule has 0 spiro atoms. The summed E-state index contributed by atoms with van der Waals surface area (Å²) in [5, 5.41) is 2.89. The summed E-state index contributed by atoms with van der Waals surface area (Å²) in [7, 11) is 1.53. The Hall–Kier alpha value is -3.02. The fourth-order valence-electron chi connectivity index (χ4n) is 3.78. The number of carbonyl (C=O) groups is 3. The first-order valence-electron chi connectivity index (χ1n) is 12.0. The molecule has 1 fully saturated rings. The second kappa shape index (κ2) is 12.9. The highest BCUT2D eigenvalue weighted by Crippen LogP contribution is 2.37. The molecule has 3 aromatic carbocycles. The lowest BCUT2D eigenvalue weighted by Crippen LogP contribution is -2.36. The van der Waals surface area contributed by atoms with E-state index >= 15 is 0 Å². The van der Waals surface area contributed by atoms with Gasteiger partial charge in [0, 0.05) is 10.7 Å². The molecule has 0 radical (unpaired) electrons. The van der Waals surface area contributed by atoms with Crippen LogP contribution in [-0.4, -0.2) is 35.6 Å². The maximum absolute atomic E-state index is 13.0. The SMILES string of the molecule is COc1cc(/C=C2/SC(=O)N(CC(=O)Nc3ccc(C(C)C)cc3)C2=O)cc(I)c1OCc1ccc(Cl)cc1. The highest BCUT2D eigenvalue weighted by atomic mass is 127. The first kappa shape index (κ1) is 29.0. The van der Waals surface area contributed by atoms with Crippen molar-refractivity contribution >= 4 is 74.8 Å². The fourth-order valence-corrected chi connectivity index (χ4v) is 5.53. The summed E-state index contributed by atoms with van der Waals surface area (Å²) >= 11 is 8.88. The second-order valence-corrected chi connectivity index (χ2v) is 11.6. The number of hydrogen-bond donors (Lipinski definition) is 1. The summed E-state index contributed by atoms with van der Waals surface area (Å²) in [6.07, 6.45) is 1.61. The van der Waals surface area contributed by atoms with Crippen LogP contribution in [0.1, 0.15) is 36.5 Å². The Kier molecular flexibility index (Phi) is 9.58. The van der Waals surface area contributed by atoms with Gasteiger partial charge in [-0.25, -0.2) is 0 Å². The molecule has 1 aliphatic rings. The van der Waals surface area contributed by atoms with Gasteiger partial charge in [-0.1, -0.05) is 49.7 Å². The smallest absolute Gasteiger partial charge is 0.294 e. The maximum atomic E-state index is 13.0. The van der Waals surface area contributed by atoms with E-state index in [1.54, 1.807) is 36.4 Å². The van der Waals surface area contributed by atoms with E-state index in [1.165, 1.54) is 7.11 Å². The van der Waals surface area contributed by atoms with E-state index in [0.29, 0.717) is 40.3 Å². The molecule has 1 saturated heterocycles. The highest BCUT2D eigenvalue weighted by molar-refractivity contribution is 14.1. The number of benzene rings is 3. The summed E-state index contributed by atoms with van der Waals surface area (Å²) < 4.78 is 12.3. The van der Waals surface area contributed by atoms with Crippen LogP contribution < -0.4 is 14.8 Å². The molecule has 0 unspecified atom stereocenters. The normalized spacial score (nSPS) is 14.3. The first-order valence-corrected chi connectivity index (χ1v) is 14.3. The zero-order valence-corrected chi connectivity index (χ0v) is 25.2. The van der Waals surface area contributed by atoms with Gasteiger partial charge >= 0.3 is 0 Å². The predicted octanol–water partition coefficient (Wildman–Crippen LogP) is 7.33. The minimum atomic E-state index is -0.521. The van der Waals surface area contributed by atoms with E-state index in [1.807, 2.05) is 30.3 Å². The molecule has 4 rings (SSSR count). The van der Waals surface area contributed by atoms with Gasteiger partial charge in [-0.05, 0) is 99.4 Å². The number of amides is 3. The summed E-state index contributed by atoms with van der Waals surface area (Å²) in [5.74, 6) is 0.459. The number of hydrogen-bond acceptors (Lipinski definition) is 6. The van der Waals surface area contributed by atoms with Crippen molar-refractivity contribution in [1.82, 2.24) is 4.90 Å². The summed E-state index contributed by atoms with van der Waals surface area (Å²) in [5.41, 5.74) is 3.37. The number of methoxy groups -OCH3 is 1. The van der Waals surface area contributed by atoms with Crippen LogP contribution in [0.25, 0.3) is 6.08 Å². The molecule has 0 aromatic heterocycles. The largest absolute Gasteiger partial charge is 0.493 e. The van der Waals surface area contributed by atoms with Crippen molar-refractivity contribution in [3.05, 3.63) is 90.9 Å². The Bertz CT molecular complexity index is 1420.